The van der Waals surface area contributed by atoms with Crippen LogP contribution >= 0.6 is 0 Å². The Morgan fingerprint density at radius 2 is 2.03 bits per heavy atom. The number of amides is 1. The topological polar surface area (TPSA) is 61.0 Å². The molecule has 2 N–H and O–H groups in total. The Bertz CT molecular complexity index is 1120. The van der Waals surface area contributed by atoms with Gasteiger partial charge in [-0.05, 0) is 86.5 Å². The molecule has 0 radical (unpaired) electrons. The highest BCUT2D eigenvalue weighted by Gasteiger charge is 2.34. The number of benzene rings is 1. The van der Waals surface area contributed by atoms with Gasteiger partial charge in [0.15, 0.2) is 0 Å². The first-order chi connectivity index (χ1) is 15.5. The molecule has 6 rings (SSSR count). The number of rotatable bonds is 6. The van der Waals surface area contributed by atoms with Crippen molar-refractivity contribution in [3.8, 4) is 11.3 Å². The summed E-state index contributed by atoms with van der Waals surface area (Å²) in [5.74, 6) is 1.25. The third-order valence-electron chi connectivity index (χ3n) is 7.31. The highest BCUT2D eigenvalue weighted by Crippen LogP contribution is 2.36. The minimum atomic E-state index is 0.190. The monoisotopic (exact) mass is 430 g/mol. The lowest BCUT2D eigenvalue weighted by atomic mass is 9.84. The normalized spacial score (nSPS) is 22.6. The molecule has 1 atom stereocenters. The van der Waals surface area contributed by atoms with Gasteiger partial charge in [0.05, 0.1) is 5.69 Å². The van der Waals surface area contributed by atoms with Gasteiger partial charge in [-0.1, -0.05) is 19.9 Å². The van der Waals surface area contributed by atoms with E-state index in [2.05, 4.69) is 64.4 Å². The number of nitrogens with one attached hydrogen (secondary N) is 2. The Balaban J connectivity index is 1.33. The Hall–Kier alpha value is -2.66. The fraction of sp³-hybridized carbons (Fsp3) is 0.481. The highest BCUT2D eigenvalue weighted by atomic mass is 16.1. The van der Waals surface area contributed by atoms with Gasteiger partial charge in [0, 0.05) is 47.4 Å². The maximum absolute atomic E-state index is 12.7. The third-order valence-corrected chi connectivity index (χ3v) is 7.31. The summed E-state index contributed by atoms with van der Waals surface area (Å²) in [4.78, 5) is 23.2. The number of hydrogen-bond acceptors (Lipinski definition) is 3. The number of aromatic amines is 1. The van der Waals surface area contributed by atoms with E-state index >= 15 is 0 Å². The lowest BCUT2D eigenvalue weighted by Crippen LogP contribution is -2.57. The molecule has 2 aromatic heterocycles. The predicted octanol–water partition coefficient (Wildman–Crippen LogP) is 4.80. The summed E-state index contributed by atoms with van der Waals surface area (Å²) >= 11 is 0. The molecule has 5 heteroatoms. The molecular formula is C27H34N4O. The van der Waals surface area contributed by atoms with Crippen molar-refractivity contribution >= 4 is 16.8 Å². The van der Waals surface area contributed by atoms with Gasteiger partial charge in [-0.2, -0.15) is 0 Å². The summed E-state index contributed by atoms with van der Waals surface area (Å²) in [6, 6.07) is 11.2. The largest absolute Gasteiger partial charge is 0.354 e. The molecule has 1 amide bonds. The van der Waals surface area contributed by atoms with Crippen LogP contribution in [-0.2, 0) is 11.2 Å². The number of piperidine rings is 3. The highest BCUT2D eigenvalue weighted by molar-refractivity contribution is 5.92. The average Bonchev–Trinajstić information content (AvgIpc) is 3.18. The number of H-pyrrole nitrogens is 1. The first kappa shape index (κ1) is 21.2. The zero-order valence-electron chi connectivity index (χ0n) is 19.4. The summed E-state index contributed by atoms with van der Waals surface area (Å²) in [7, 11) is 0. The molecule has 3 aliphatic heterocycles. The van der Waals surface area contributed by atoms with Crippen molar-refractivity contribution in [2.24, 2.45) is 5.92 Å². The first-order valence-corrected chi connectivity index (χ1v) is 12.1. The number of carbonyl (C=O) groups is 1. The minimum Gasteiger partial charge on any atom is -0.354 e. The van der Waals surface area contributed by atoms with Crippen molar-refractivity contribution in [1.82, 2.24) is 20.2 Å². The molecule has 3 saturated heterocycles. The van der Waals surface area contributed by atoms with Crippen molar-refractivity contribution in [2.45, 2.75) is 58.4 Å². The second kappa shape index (κ2) is 8.70. The molecule has 5 nitrogen and oxygen atoms in total. The molecule has 3 aromatic rings. The number of nitrogens with zero attached hydrogens (tertiary/aromatic N) is 2. The molecular weight excluding hydrogens is 396 g/mol. The van der Waals surface area contributed by atoms with E-state index in [0.717, 1.165) is 24.2 Å². The maximum atomic E-state index is 12.7. The molecule has 0 spiro atoms. The predicted molar refractivity (Wildman–Crippen MR) is 130 cm³/mol. The molecule has 1 unspecified atom stereocenters. The van der Waals surface area contributed by atoms with Gasteiger partial charge < -0.3 is 15.2 Å². The SMILES string of the molecule is Cc1cc(-c2[nH]c3ccc(CCC(=O)NC4CN5CCC4CC5)cc3c2C(C)C)ccn1. The lowest BCUT2D eigenvalue weighted by Gasteiger charge is -2.44. The van der Waals surface area contributed by atoms with Crippen LogP contribution in [0.4, 0.5) is 0 Å². The standard InChI is InChI=1S/C27H34N4O/c1-17(2)26-22-15-19(4-6-23(22)30-27(26)21-8-11-28-18(3)14-21)5-7-25(32)29-24-16-31-12-9-20(24)10-13-31/h4,6,8,11,14-15,17,20,24,30H,5,7,9-10,12-13,16H2,1-3H3,(H,29,32). The van der Waals surface area contributed by atoms with Crippen molar-refractivity contribution < 1.29 is 4.79 Å². The Labute approximate surface area is 190 Å². The van der Waals surface area contributed by atoms with Crippen LogP contribution in [0.15, 0.2) is 36.5 Å². The Morgan fingerprint density at radius 1 is 1.22 bits per heavy atom. The van der Waals surface area contributed by atoms with Gasteiger partial charge in [-0.3, -0.25) is 9.78 Å². The number of aryl methyl sites for hydroxylation is 2. The van der Waals surface area contributed by atoms with Gasteiger partial charge in [-0.15, -0.1) is 0 Å². The number of carbonyl (C=O) groups excluding carboxylic acids is 1. The molecule has 2 bridgehead atoms. The van der Waals surface area contributed by atoms with Gasteiger partial charge in [0.1, 0.15) is 0 Å². The number of aromatic nitrogens is 2. The average molecular weight is 431 g/mol. The molecule has 32 heavy (non-hydrogen) atoms. The smallest absolute Gasteiger partial charge is 0.220 e. The fourth-order valence-electron chi connectivity index (χ4n) is 5.61. The van der Waals surface area contributed by atoms with Crippen LogP contribution in [0.2, 0.25) is 0 Å². The molecule has 3 aliphatic rings. The summed E-state index contributed by atoms with van der Waals surface area (Å²) in [5.41, 5.74) is 7.09. The molecule has 5 heterocycles. The van der Waals surface area contributed by atoms with Crippen LogP contribution in [0, 0.1) is 12.8 Å². The summed E-state index contributed by atoms with van der Waals surface area (Å²) in [5, 5.41) is 4.59. The quantitative estimate of drug-likeness (QED) is 0.590. The second-order valence-corrected chi connectivity index (χ2v) is 9.95. The van der Waals surface area contributed by atoms with E-state index in [4.69, 9.17) is 0 Å². The number of fused-ring (bicyclic) bond motifs is 4. The zero-order chi connectivity index (χ0) is 22.2. The maximum Gasteiger partial charge on any atom is 0.220 e. The Kier molecular flexibility index (Phi) is 5.76. The van der Waals surface area contributed by atoms with Crippen molar-refractivity contribution in [1.29, 1.82) is 0 Å². The van der Waals surface area contributed by atoms with Crippen molar-refractivity contribution in [3.63, 3.8) is 0 Å². The summed E-state index contributed by atoms with van der Waals surface area (Å²) in [6.07, 6.45) is 5.65. The van der Waals surface area contributed by atoms with Gasteiger partial charge in [0.25, 0.3) is 0 Å². The Morgan fingerprint density at radius 3 is 2.72 bits per heavy atom. The summed E-state index contributed by atoms with van der Waals surface area (Å²) in [6.45, 7) is 9.95. The molecule has 0 saturated carbocycles. The van der Waals surface area contributed by atoms with E-state index in [1.807, 2.05) is 13.1 Å². The van der Waals surface area contributed by atoms with E-state index in [0.29, 0.717) is 24.3 Å². The minimum absolute atomic E-state index is 0.190. The lowest BCUT2D eigenvalue weighted by molar-refractivity contribution is -0.123. The van der Waals surface area contributed by atoms with Crippen LogP contribution in [0.3, 0.4) is 0 Å². The third kappa shape index (κ3) is 4.18. The number of pyridine rings is 1. The van der Waals surface area contributed by atoms with E-state index in [9.17, 15) is 4.79 Å². The molecule has 0 aliphatic carbocycles. The van der Waals surface area contributed by atoms with Crippen molar-refractivity contribution in [2.75, 3.05) is 19.6 Å². The molecule has 168 valence electrons. The van der Waals surface area contributed by atoms with E-state index in [1.54, 1.807) is 0 Å². The van der Waals surface area contributed by atoms with Crippen LogP contribution in [0.1, 0.15) is 55.8 Å². The van der Waals surface area contributed by atoms with E-state index in [1.165, 1.54) is 53.7 Å². The molecule has 1 aromatic carbocycles. The summed E-state index contributed by atoms with van der Waals surface area (Å²) < 4.78 is 0. The van der Waals surface area contributed by atoms with Gasteiger partial charge in [-0.25, -0.2) is 0 Å². The number of hydrogen-bond donors (Lipinski definition) is 2. The van der Waals surface area contributed by atoms with Gasteiger partial charge in [0.2, 0.25) is 5.91 Å². The van der Waals surface area contributed by atoms with Crippen LogP contribution < -0.4 is 5.32 Å². The van der Waals surface area contributed by atoms with Crippen LogP contribution in [-0.4, -0.2) is 46.5 Å². The van der Waals surface area contributed by atoms with Gasteiger partial charge >= 0.3 is 0 Å². The fourth-order valence-corrected chi connectivity index (χ4v) is 5.61. The van der Waals surface area contributed by atoms with Crippen LogP contribution in [0.25, 0.3) is 22.2 Å². The van der Waals surface area contributed by atoms with E-state index in [-0.39, 0.29) is 5.91 Å². The van der Waals surface area contributed by atoms with Crippen molar-refractivity contribution in [3.05, 3.63) is 53.3 Å². The van der Waals surface area contributed by atoms with E-state index < -0.39 is 0 Å². The second-order valence-electron chi connectivity index (χ2n) is 9.95. The van der Waals surface area contributed by atoms with Crippen LogP contribution in [0.5, 0.6) is 0 Å². The zero-order valence-corrected chi connectivity index (χ0v) is 19.4. The first-order valence-electron chi connectivity index (χ1n) is 12.1. The molecule has 3 fully saturated rings.